The summed E-state index contributed by atoms with van der Waals surface area (Å²) in [5.74, 6) is 0.712. The Bertz CT molecular complexity index is 632. The highest BCUT2D eigenvalue weighted by molar-refractivity contribution is 9.10. The highest BCUT2D eigenvalue weighted by Crippen LogP contribution is 2.36. The first-order valence-electron chi connectivity index (χ1n) is 7.10. The molecule has 3 nitrogen and oxygen atoms in total. The van der Waals surface area contributed by atoms with Crippen molar-refractivity contribution in [2.24, 2.45) is 0 Å². The molecule has 3 rings (SSSR count). The van der Waals surface area contributed by atoms with Crippen molar-refractivity contribution >= 4 is 15.9 Å². The Morgan fingerprint density at radius 2 is 1.86 bits per heavy atom. The van der Waals surface area contributed by atoms with Gasteiger partial charge in [-0.25, -0.2) is 0 Å². The molecular weight excluding hydrogens is 330 g/mol. The van der Waals surface area contributed by atoms with E-state index in [0.717, 1.165) is 25.2 Å². The average Bonchev–Trinajstić information content (AvgIpc) is 2.86. The lowest BCUT2D eigenvalue weighted by molar-refractivity contribution is 0.273. The molecule has 0 fully saturated rings. The van der Waals surface area contributed by atoms with Crippen molar-refractivity contribution < 1.29 is 9.84 Å². The highest BCUT2D eigenvalue weighted by atomic mass is 79.9. The standard InChI is InChI=1S/C17H18BrNO2/c1-2-21-16-8-12(7-15(18)17(16)20)9-19-10-13-5-3-4-6-14(13)11-19/h3-8,20H,2,9-11H2,1H3. The summed E-state index contributed by atoms with van der Waals surface area (Å²) < 4.78 is 6.17. The summed E-state index contributed by atoms with van der Waals surface area (Å²) in [6, 6.07) is 12.4. The molecule has 0 aliphatic carbocycles. The summed E-state index contributed by atoms with van der Waals surface area (Å²) in [4.78, 5) is 2.39. The predicted molar refractivity (Wildman–Crippen MR) is 86.4 cm³/mol. The van der Waals surface area contributed by atoms with Gasteiger partial charge >= 0.3 is 0 Å². The summed E-state index contributed by atoms with van der Waals surface area (Å²) >= 11 is 3.40. The Balaban J connectivity index is 1.77. The molecule has 1 N–H and O–H groups in total. The lowest BCUT2D eigenvalue weighted by Gasteiger charge is -2.17. The van der Waals surface area contributed by atoms with Gasteiger partial charge in [-0.3, -0.25) is 4.90 Å². The number of hydrogen-bond acceptors (Lipinski definition) is 3. The third-order valence-electron chi connectivity index (χ3n) is 3.70. The molecule has 2 aromatic carbocycles. The van der Waals surface area contributed by atoms with Gasteiger partial charge in [0.05, 0.1) is 11.1 Å². The van der Waals surface area contributed by atoms with Crippen LogP contribution in [0, 0.1) is 0 Å². The van der Waals surface area contributed by atoms with E-state index in [1.54, 1.807) is 0 Å². The van der Waals surface area contributed by atoms with Crippen LogP contribution >= 0.6 is 15.9 Å². The van der Waals surface area contributed by atoms with E-state index in [0.29, 0.717) is 16.8 Å². The first kappa shape index (κ1) is 14.4. The normalized spacial score (nSPS) is 14.2. The summed E-state index contributed by atoms with van der Waals surface area (Å²) in [6.07, 6.45) is 0. The molecular formula is C17H18BrNO2. The van der Waals surface area contributed by atoms with Gasteiger partial charge in [-0.15, -0.1) is 0 Å². The van der Waals surface area contributed by atoms with Gasteiger partial charge in [-0.1, -0.05) is 24.3 Å². The lowest BCUT2D eigenvalue weighted by atomic mass is 10.1. The van der Waals surface area contributed by atoms with Crippen LogP contribution in [0.3, 0.4) is 0 Å². The van der Waals surface area contributed by atoms with Crippen molar-refractivity contribution in [3.8, 4) is 11.5 Å². The van der Waals surface area contributed by atoms with Gasteiger partial charge in [0.25, 0.3) is 0 Å². The topological polar surface area (TPSA) is 32.7 Å². The number of aromatic hydroxyl groups is 1. The van der Waals surface area contributed by atoms with Crippen molar-refractivity contribution in [1.82, 2.24) is 4.90 Å². The second-order valence-electron chi connectivity index (χ2n) is 5.27. The molecule has 1 aliphatic heterocycles. The highest BCUT2D eigenvalue weighted by Gasteiger charge is 2.19. The molecule has 0 amide bonds. The molecule has 0 saturated carbocycles. The van der Waals surface area contributed by atoms with Gasteiger partial charge in [0.15, 0.2) is 11.5 Å². The zero-order valence-corrected chi connectivity index (χ0v) is 13.6. The number of phenolic OH excluding ortho intramolecular Hbond substituents is 1. The third kappa shape index (κ3) is 3.06. The van der Waals surface area contributed by atoms with E-state index < -0.39 is 0 Å². The number of phenols is 1. The Kier molecular flexibility index (Phi) is 4.17. The monoisotopic (exact) mass is 347 g/mol. The van der Waals surface area contributed by atoms with Crippen LogP contribution in [0.1, 0.15) is 23.6 Å². The number of benzene rings is 2. The van der Waals surface area contributed by atoms with Gasteiger partial charge in [-0.2, -0.15) is 0 Å². The summed E-state index contributed by atoms with van der Waals surface area (Å²) in [7, 11) is 0. The number of hydrogen-bond donors (Lipinski definition) is 1. The number of ether oxygens (including phenoxy) is 1. The number of rotatable bonds is 4. The molecule has 0 aromatic heterocycles. The fourth-order valence-electron chi connectivity index (χ4n) is 2.76. The molecule has 0 bridgehead atoms. The molecule has 0 atom stereocenters. The molecule has 4 heteroatoms. The van der Waals surface area contributed by atoms with E-state index in [4.69, 9.17) is 4.74 Å². The predicted octanol–water partition coefficient (Wildman–Crippen LogP) is 4.07. The van der Waals surface area contributed by atoms with E-state index in [9.17, 15) is 5.11 Å². The van der Waals surface area contributed by atoms with Crippen LogP contribution in [0.5, 0.6) is 11.5 Å². The van der Waals surface area contributed by atoms with Crippen LogP contribution in [0.15, 0.2) is 40.9 Å². The van der Waals surface area contributed by atoms with E-state index >= 15 is 0 Å². The molecule has 110 valence electrons. The minimum absolute atomic E-state index is 0.172. The fourth-order valence-corrected chi connectivity index (χ4v) is 3.25. The first-order chi connectivity index (χ1) is 10.2. The Hall–Kier alpha value is -1.52. The SMILES string of the molecule is CCOc1cc(CN2Cc3ccccc3C2)cc(Br)c1O. The maximum atomic E-state index is 9.97. The smallest absolute Gasteiger partial charge is 0.172 e. The second kappa shape index (κ2) is 6.08. The van der Waals surface area contributed by atoms with E-state index in [1.165, 1.54) is 11.1 Å². The first-order valence-corrected chi connectivity index (χ1v) is 7.90. The van der Waals surface area contributed by atoms with Gasteiger partial charge in [0, 0.05) is 19.6 Å². The van der Waals surface area contributed by atoms with Crippen LogP contribution in [-0.2, 0) is 19.6 Å². The van der Waals surface area contributed by atoms with Gasteiger partial charge in [0.2, 0.25) is 0 Å². The molecule has 0 saturated heterocycles. The van der Waals surface area contributed by atoms with E-state index in [-0.39, 0.29) is 5.75 Å². The maximum absolute atomic E-state index is 9.97. The molecule has 21 heavy (non-hydrogen) atoms. The quantitative estimate of drug-likeness (QED) is 0.904. The Morgan fingerprint density at radius 1 is 1.19 bits per heavy atom. The Morgan fingerprint density at radius 3 is 2.48 bits per heavy atom. The second-order valence-corrected chi connectivity index (χ2v) is 6.13. The van der Waals surface area contributed by atoms with Crippen LogP contribution in [0.4, 0.5) is 0 Å². The summed E-state index contributed by atoms with van der Waals surface area (Å²) in [6.45, 7) is 5.24. The average molecular weight is 348 g/mol. The van der Waals surface area contributed by atoms with Crippen molar-refractivity contribution in [1.29, 1.82) is 0 Å². The zero-order chi connectivity index (χ0) is 14.8. The van der Waals surface area contributed by atoms with E-state index in [2.05, 4.69) is 45.1 Å². The molecule has 1 aliphatic rings. The third-order valence-corrected chi connectivity index (χ3v) is 4.31. The minimum Gasteiger partial charge on any atom is -0.503 e. The van der Waals surface area contributed by atoms with Crippen molar-refractivity contribution in [3.63, 3.8) is 0 Å². The number of nitrogens with zero attached hydrogens (tertiary/aromatic N) is 1. The van der Waals surface area contributed by atoms with Gasteiger partial charge < -0.3 is 9.84 Å². The van der Waals surface area contributed by atoms with E-state index in [1.807, 2.05) is 19.1 Å². The van der Waals surface area contributed by atoms with Crippen molar-refractivity contribution in [3.05, 3.63) is 57.6 Å². The lowest BCUT2D eigenvalue weighted by Crippen LogP contribution is -2.15. The molecule has 0 unspecified atom stereocenters. The van der Waals surface area contributed by atoms with Crippen LogP contribution in [-0.4, -0.2) is 16.6 Å². The van der Waals surface area contributed by atoms with Crippen molar-refractivity contribution in [2.45, 2.75) is 26.6 Å². The molecule has 2 aromatic rings. The molecule has 0 radical (unpaired) electrons. The maximum Gasteiger partial charge on any atom is 0.172 e. The van der Waals surface area contributed by atoms with Crippen molar-refractivity contribution in [2.75, 3.05) is 6.61 Å². The molecule has 1 heterocycles. The number of halogens is 1. The summed E-state index contributed by atoms with van der Waals surface area (Å²) in [5, 5.41) is 9.97. The van der Waals surface area contributed by atoms with Crippen LogP contribution in [0.25, 0.3) is 0 Å². The van der Waals surface area contributed by atoms with Gasteiger partial charge in [-0.05, 0) is 51.7 Å². The van der Waals surface area contributed by atoms with Gasteiger partial charge in [0.1, 0.15) is 0 Å². The largest absolute Gasteiger partial charge is 0.503 e. The van der Waals surface area contributed by atoms with Crippen LogP contribution in [0.2, 0.25) is 0 Å². The van der Waals surface area contributed by atoms with Crippen LogP contribution < -0.4 is 4.74 Å². The minimum atomic E-state index is 0.172. The molecule has 0 spiro atoms. The zero-order valence-electron chi connectivity index (χ0n) is 12.0. The fraction of sp³-hybridized carbons (Fsp3) is 0.294. The summed E-state index contributed by atoms with van der Waals surface area (Å²) in [5.41, 5.74) is 3.94. The number of fused-ring (bicyclic) bond motifs is 1. The Labute approximate surface area is 133 Å².